The summed E-state index contributed by atoms with van der Waals surface area (Å²) in [5, 5.41) is 12.3. The number of aryl methyl sites for hydroxylation is 3. The highest BCUT2D eigenvalue weighted by Crippen LogP contribution is 2.38. The van der Waals surface area contributed by atoms with Gasteiger partial charge in [-0.1, -0.05) is 6.08 Å². The quantitative estimate of drug-likeness (QED) is 0.472. The number of aromatic nitrogens is 4. The molecule has 3 aromatic heterocycles. The second-order valence-electron chi connectivity index (χ2n) is 12.1. The number of hydrogen-bond donors (Lipinski definition) is 3. The molecule has 196 valence electrons. The molecule has 8 nitrogen and oxygen atoms in total. The molecule has 0 radical (unpaired) electrons. The number of nitrogens with zero attached hydrogens (tertiary/aromatic N) is 3. The molecule has 1 saturated carbocycles. The molecule has 0 aromatic carbocycles. The summed E-state index contributed by atoms with van der Waals surface area (Å²) < 4.78 is 2.03. The van der Waals surface area contributed by atoms with E-state index in [9.17, 15) is 9.59 Å². The van der Waals surface area contributed by atoms with Crippen molar-refractivity contribution in [3.8, 4) is 0 Å². The zero-order valence-electron chi connectivity index (χ0n) is 23.0. The largest absolute Gasteiger partial charge is 0.348 e. The Morgan fingerprint density at radius 2 is 1.89 bits per heavy atom. The van der Waals surface area contributed by atoms with E-state index in [1.54, 1.807) is 0 Å². The highest BCUT2D eigenvalue weighted by molar-refractivity contribution is 6.07. The van der Waals surface area contributed by atoms with E-state index in [1.807, 2.05) is 37.6 Å². The molecule has 1 aliphatic carbocycles. The summed E-state index contributed by atoms with van der Waals surface area (Å²) in [6.45, 7) is 14.5. The van der Waals surface area contributed by atoms with Gasteiger partial charge in [-0.25, -0.2) is 9.67 Å². The zero-order chi connectivity index (χ0) is 26.7. The van der Waals surface area contributed by atoms with Gasteiger partial charge in [0.1, 0.15) is 0 Å². The second-order valence-corrected chi connectivity index (χ2v) is 12.1. The lowest BCUT2D eigenvalue weighted by molar-refractivity contribution is 0.0952. The molecular weight excluding hydrogens is 464 g/mol. The van der Waals surface area contributed by atoms with Gasteiger partial charge in [-0.2, -0.15) is 5.10 Å². The van der Waals surface area contributed by atoms with Crippen LogP contribution in [0.15, 0.2) is 23.0 Å². The Balaban J connectivity index is 1.60. The van der Waals surface area contributed by atoms with Crippen molar-refractivity contribution in [3.63, 3.8) is 0 Å². The first kappa shape index (κ1) is 25.4. The first-order valence-electron chi connectivity index (χ1n) is 13.2. The molecule has 0 saturated heterocycles. The minimum absolute atomic E-state index is 0.110. The Hall–Kier alpha value is -3.26. The SMILES string of the molecule is Cc1cc(C)c(CNC(=O)c2cc(C3=CC(C)(C)NC(C)(C)C3)nc3c2c(C)nn3C2CCC2)c(=O)[nH]1. The van der Waals surface area contributed by atoms with Crippen molar-refractivity contribution >= 4 is 22.5 Å². The number of nitrogens with one attached hydrogen (secondary N) is 3. The van der Waals surface area contributed by atoms with E-state index in [2.05, 4.69) is 49.4 Å². The summed E-state index contributed by atoms with van der Waals surface area (Å²) in [4.78, 5) is 34.2. The maximum Gasteiger partial charge on any atom is 0.253 e. The van der Waals surface area contributed by atoms with Gasteiger partial charge in [0, 0.05) is 28.9 Å². The van der Waals surface area contributed by atoms with E-state index < -0.39 is 0 Å². The lowest BCUT2D eigenvalue weighted by Gasteiger charge is -2.41. The number of aromatic amines is 1. The van der Waals surface area contributed by atoms with Crippen molar-refractivity contribution in [2.75, 3.05) is 0 Å². The Kier molecular flexibility index (Phi) is 6.14. The topological polar surface area (TPSA) is 105 Å². The Morgan fingerprint density at radius 3 is 2.51 bits per heavy atom. The van der Waals surface area contributed by atoms with Crippen LogP contribution in [0.2, 0.25) is 0 Å². The highest BCUT2D eigenvalue weighted by atomic mass is 16.1. The fraction of sp³-hybridized carbons (Fsp3) is 0.517. The molecule has 4 heterocycles. The van der Waals surface area contributed by atoms with Gasteiger partial charge < -0.3 is 15.6 Å². The molecule has 0 unspecified atom stereocenters. The number of carbonyl (C=O) groups excluding carboxylic acids is 1. The molecule has 0 atom stereocenters. The van der Waals surface area contributed by atoms with Crippen molar-refractivity contribution in [2.45, 2.75) is 97.8 Å². The van der Waals surface area contributed by atoms with Crippen LogP contribution in [0.1, 0.15) is 98.0 Å². The number of rotatable bonds is 5. The Labute approximate surface area is 218 Å². The third kappa shape index (κ3) is 4.87. The molecule has 3 aromatic rings. The standard InChI is InChI=1S/C29H38N6O2/c1-16-11-17(2)31-27(37)22(16)15-30-26(36)21-12-23(19-13-28(4,5)34-29(6,7)14-19)32-25-24(21)18(3)33-35(25)20-9-8-10-20/h11-13,20,34H,8-10,14-15H2,1-7H3,(H,30,36)(H,31,37). The van der Waals surface area contributed by atoms with Crippen LogP contribution in [0.5, 0.6) is 0 Å². The van der Waals surface area contributed by atoms with E-state index in [-0.39, 0.29) is 29.1 Å². The van der Waals surface area contributed by atoms with Gasteiger partial charge in [0.2, 0.25) is 0 Å². The minimum atomic E-state index is -0.225. The smallest absolute Gasteiger partial charge is 0.253 e. The van der Waals surface area contributed by atoms with Crippen LogP contribution in [0.4, 0.5) is 0 Å². The number of pyridine rings is 2. The molecule has 1 fully saturated rings. The van der Waals surface area contributed by atoms with Crippen molar-refractivity contribution < 1.29 is 4.79 Å². The van der Waals surface area contributed by atoms with E-state index in [1.165, 1.54) is 6.42 Å². The minimum Gasteiger partial charge on any atom is -0.348 e. The van der Waals surface area contributed by atoms with E-state index in [0.29, 0.717) is 17.2 Å². The molecule has 1 amide bonds. The molecular formula is C29H38N6O2. The molecule has 8 heteroatoms. The first-order valence-corrected chi connectivity index (χ1v) is 13.2. The lowest BCUT2D eigenvalue weighted by Crippen LogP contribution is -2.53. The Morgan fingerprint density at radius 1 is 1.16 bits per heavy atom. The van der Waals surface area contributed by atoms with E-state index in [0.717, 1.165) is 58.5 Å². The Bertz CT molecular complexity index is 1490. The average Bonchev–Trinajstić information content (AvgIpc) is 3.04. The summed E-state index contributed by atoms with van der Waals surface area (Å²) in [6.07, 6.45) is 6.35. The summed E-state index contributed by atoms with van der Waals surface area (Å²) in [7, 11) is 0. The van der Waals surface area contributed by atoms with Gasteiger partial charge in [-0.05, 0) is 97.4 Å². The fourth-order valence-electron chi connectivity index (χ4n) is 5.99. The zero-order valence-corrected chi connectivity index (χ0v) is 23.0. The van der Waals surface area contributed by atoms with Crippen LogP contribution in [0, 0.1) is 20.8 Å². The molecule has 37 heavy (non-hydrogen) atoms. The number of H-pyrrole nitrogens is 1. The normalized spacial score (nSPS) is 18.9. The summed E-state index contributed by atoms with van der Waals surface area (Å²) >= 11 is 0. The third-order valence-corrected chi connectivity index (χ3v) is 7.58. The fourth-order valence-corrected chi connectivity index (χ4v) is 5.99. The van der Waals surface area contributed by atoms with Gasteiger partial charge in [0.05, 0.1) is 28.4 Å². The maximum atomic E-state index is 13.7. The number of carbonyl (C=O) groups is 1. The molecule has 0 bridgehead atoms. The van der Waals surface area contributed by atoms with Crippen molar-refractivity contribution in [3.05, 3.63) is 62.3 Å². The van der Waals surface area contributed by atoms with Crippen LogP contribution < -0.4 is 16.2 Å². The maximum absolute atomic E-state index is 13.7. The average molecular weight is 503 g/mol. The van der Waals surface area contributed by atoms with Gasteiger partial charge in [-0.3, -0.25) is 9.59 Å². The van der Waals surface area contributed by atoms with Gasteiger partial charge in [-0.15, -0.1) is 0 Å². The van der Waals surface area contributed by atoms with E-state index >= 15 is 0 Å². The first-order chi connectivity index (χ1) is 17.3. The third-order valence-electron chi connectivity index (χ3n) is 7.58. The van der Waals surface area contributed by atoms with E-state index in [4.69, 9.17) is 10.1 Å². The highest BCUT2D eigenvalue weighted by Gasteiger charge is 2.34. The predicted octanol–water partition coefficient (Wildman–Crippen LogP) is 4.63. The summed E-state index contributed by atoms with van der Waals surface area (Å²) in [5.41, 5.74) is 5.80. The lowest BCUT2D eigenvalue weighted by atomic mass is 9.82. The molecule has 5 rings (SSSR count). The number of amides is 1. The van der Waals surface area contributed by atoms with Crippen molar-refractivity contribution in [2.24, 2.45) is 0 Å². The van der Waals surface area contributed by atoms with Crippen molar-refractivity contribution in [1.82, 2.24) is 30.4 Å². The van der Waals surface area contributed by atoms with Gasteiger partial charge >= 0.3 is 0 Å². The predicted molar refractivity (Wildman–Crippen MR) is 147 cm³/mol. The van der Waals surface area contributed by atoms with Crippen molar-refractivity contribution in [1.29, 1.82) is 0 Å². The summed E-state index contributed by atoms with van der Waals surface area (Å²) in [5.74, 6) is -0.225. The van der Waals surface area contributed by atoms with Crippen LogP contribution >= 0.6 is 0 Å². The number of hydrogen-bond acceptors (Lipinski definition) is 5. The molecule has 0 spiro atoms. The monoisotopic (exact) mass is 502 g/mol. The van der Waals surface area contributed by atoms with Gasteiger partial charge in [0.15, 0.2) is 5.65 Å². The van der Waals surface area contributed by atoms with Crippen LogP contribution in [-0.4, -0.2) is 36.7 Å². The number of fused-ring (bicyclic) bond motifs is 1. The van der Waals surface area contributed by atoms with Crippen LogP contribution in [-0.2, 0) is 6.54 Å². The molecule has 3 N–H and O–H groups in total. The summed E-state index contributed by atoms with van der Waals surface area (Å²) in [6, 6.07) is 4.15. The second kappa shape index (κ2) is 8.94. The van der Waals surface area contributed by atoms with Crippen LogP contribution in [0.25, 0.3) is 16.6 Å². The van der Waals surface area contributed by atoms with Crippen LogP contribution in [0.3, 0.4) is 0 Å². The molecule has 1 aliphatic heterocycles. The van der Waals surface area contributed by atoms with Gasteiger partial charge in [0.25, 0.3) is 11.5 Å². The molecule has 2 aliphatic rings.